The predicted octanol–water partition coefficient (Wildman–Crippen LogP) is 3.17. The molecule has 2 rings (SSSR count). The van der Waals surface area contributed by atoms with Crippen LogP contribution in [0.4, 0.5) is 5.69 Å². The van der Waals surface area contributed by atoms with Crippen molar-refractivity contribution >= 4 is 24.3 Å². The molecule has 1 aromatic heterocycles. The van der Waals surface area contributed by atoms with Crippen LogP contribution < -0.4 is 0 Å². The maximum atomic E-state index is 12.5. The highest BCUT2D eigenvalue weighted by molar-refractivity contribution is 7.52. The van der Waals surface area contributed by atoms with Crippen molar-refractivity contribution in [3.8, 4) is 0 Å². The Morgan fingerprint density at radius 2 is 2.00 bits per heavy atom. The van der Waals surface area contributed by atoms with Gasteiger partial charge in [-0.1, -0.05) is 0 Å². The summed E-state index contributed by atoms with van der Waals surface area (Å²) in [6.45, 7) is 4.02. The van der Waals surface area contributed by atoms with Gasteiger partial charge in [-0.05, 0) is 19.9 Å². The molecule has 0 atom stereocenters. The van der Waals surface area contributed by atoms with Crippen molar-refractivity contribution in [3.63, 3.8) is 0 Å². The first-order chi connectivity index (χ1) is 9.99. The highest BCUT2D eigenvalue weighted by atomic mass is 31.2. The van der Waals surface area contributed by atoms with E-state index in [0.29, 0.717) is 11.0 Å². The van der Waals surface area contributed by atoms with Gasteiger partial charge in [-0.2, -0.15) is 0 Å². The minimum absolute atomic E-state index is 0.0169. The zero-order valence-electron chi connectivity index (χ0n) is 11.8. The fraction of sp³-hybridized carbons (Fsp3) is 0.417. The lowest BCUT2D eigenvalue weighted by Crippen LogP contribution is -2.04. The molecule has 0 saturated heterocycles. The average molecular weight is 313 g/mol. The summed E-state index contributed by atoms with van der Waals surface area (Å²) in [5.41, 5.74) is 1.06. The largest absolute Gasteiger partial charge is 0.350 e. The summed E-state index contributed by atoms with van der Waals surface area (Å²) in [5, 5.41) is 10.7. The summed E-state index contributed by atoms with van der Waals surface area (Å²) >= 11 is 0. The number of rotatable bonds is 7. The number of imidazole rings is 1. The fourth-order valence-corrected chi connectivity index (χ4v) is 3.60. The molecule has 0 N–H and O–H groups in total. The van der Waals surface area contributed by atoms with Crippen LogP contribution in [0.3, 0.4) is 0 Å². The molecule has 1 heterocycles. The van der Waals surface area contributed by atoms with Gasteiger partial charge in [-0.25, -0.2) is 4.98 Å². The van der Waals surface area contributed by atoms with Gasteiger partial charge in [0.2, 0.25) is 0 Å². The number of nitro benzene ring substituents is 1. The van der Waals surface area contributed by atoms with E-state index in [1.54, 1.807) is 24.5 Å². The van der Waals surface area contributed by atoms with Crippen LogP contribution in [0.1, 0.15) is 13.8 Å². The number of benzene rings is 1. The predicted molar refractivity (Wildman–Crippen MR) is 77.2 cm³/mol. The number of non-ortho nitro benzene ring substituents is 1. The summed E-state index contributed by atoms with van der Waals surface area (Å²) in [6, 6.07) is 4.33. The highest BCUT2D eigenvalue weighted by Crippen LogP contribution is 2.50. The smallest absolute Gasteiger partial charge is 0.318 e. The Hall–Kier alpha value is -1.76. The van der Waals surface area contributed by atoms with Crippen LogP contribution in [0, 0.1) is 10.1 Å². The number of aromatic nitrogens is 2. The quantitative estimate of drug-likeness (QED) is 0.442. The van der Waals surface area contributed by atoms with Gasteiger partial charge in [0, 0.05) is 12.1 Å². The van der Waals surface area contributed by atoms with Gasteiger partial charge in [0.1, 0.15) is 6.29 Å². The van der Waals surface area contributed by atoms with E-state index in [2.05, 4.69) is 4.98 Å². The molecule has 0 aliphatic heterocycles. The van der Waals surface area contributed by atoms with Crippen molar-refractivity contribution < 1.29 is 18.5 Å². The Morgan fingerprint density at radius 3 is 2.57 bits per heavy atom. The maximum absolute atomic E-state index is 12.5. The van der Waals surface area contributed by atoms with Crippen LogP contribution in [0.15, 0.2) is 24.5 Å². The van der Waals surface area contributed by atoms with Crippen LogP contribution in [0.25, 0.3) is 11.0 Å². The van der Waals surface area contributed by atoms with Crippen molar-refractivity contribution in [3.05, 3.63) is 34.6 Å². The normalized spacial score (nSPS) is 11.9. The highest BCUT2D eigenvalue weighted by Gasteiger charge is 2.25. The molecule has 2 aromatic rings. The number of hydrogen-bond acceptors (Lipinski definition) is 6. The molecule has 114 valence electrons. The fourth-order valence-electron chi connectivity index (χ4n) is 1.98. The third-order valence-electron chi connectivity index (χ3n) is 2.79. The number of nitrogens with zero attached hydrogens (tertiary/aromatic N) is 3. The van der Waals surface area contributed by atoms with Crippen LogP contribution >= 0.6 is 7.60 Å². The van der Waals surface area contributed by atoms with Crippen molar-refractivity contribution in [2.24, 2.45) is 0 Å². The standard InChI is InChI=1S/C12H16N3O5P/c1-3-19-21(18,20-4-2)9-14-8-13-11-7-10(15(16)17)5-6-12(11)14/h5-8H,3-4,9H2,1-2H3. The van der Waals surface area contributed by atoms with E-state index in [0.717, 1.165) is 0 Å². The van der Waals surface area contributed by atoms with E-state index in [-0.39, 0.29) is 25.2 Å². The molecule has 0 bridgehead atoms. The molecule has 1 aromatic carbocycles. The minimum Gasteiger partial charge on any atom is -0.318 e. The van der Waals surface area contributed by atoms with Gasteiger partial charge in [0.25, 0.3) is 5.69 Å². The monoisotopic (exact) mass is 313 g/mol. The van der Waals surface area contributed by atoms with E-state index in [1.165, 1.54) is 18.5 Å². The van der Waals surface area contributed by atoms with E-state index in [4.69, 9.17) is 9.05 Å². The molecular formula is C12H16N3O5P. The van der Waals surface area contributed by atoms with Gasteiger partial charge < -0.3 is 13.6 Å². The molecule has 0 unspecified atom stereocenters. The Bertz CT molecular complexity index is 689. The SMILES string of the molecule is CCOP(=O)(Cn1cnc2cc([N+](=O)[O-])ccc21)OCC. The minimum atomic E-state index is -3.25. The zero-order chi connectivity index (χ0) is 15.5. The molecule has 0 fully saturated rings. The molecule has 0 aliphatic carbocycles. The van der Waals surface area contributed by atoms with Crippen LogP contribution in [-0.4, -0.2) is 27.7 Å². The average Bonchev–Trinajstić information content (AvgIpc) is 2.81. The van der Waals surface area contributed by atoms with Crippen LogP contribution in [-0.2, 0) is 19.9 Å². The zero-order valence-corrected chi connectivity index (χ0v) is 12.7. The Labute approximate surface area is 121 Å². The van der Waals surface area contributed by atoms with Gasteiger partial charge >= 0.3 is 7.60 Å². The lowest BCUT2D eigenvalue weighted by Gasteiger charge is -2.17. The van der Waals surface area contributed by atoms with Crippen molar-refractivity contribution in [1.29, 1.82) is 0 Å². The van der Waals surface area contributed by atoms with Crippen LogP contribution in [0.2, 0.25) is 0 Å². The first kappa shape index (κ1) is 15.6. The van der Waals surface area contributed by atoms with Gasteiger partial charge in [0.05, 0.1) is 35.5 Å². The van der Waals surface area contributed by atoms with E-state index in [9.17, 15) is 14.7 Å². The maximum Gasteiger partial charge on any atom is 0.350 e. The Balaban J connectivity index is 2.34. The molecule has 8 nitrogen and oxygen atoms in total. The third-order valence-corrected chi connectivity index (χ3v) is 4.75. The van der Waals surface area contributed by atoms with Gasteiger partial charge in [-0.3, -0.25) is 14.7 Å². The number of fused-ring (bicyclic) bond motifs is 1. The van der Waals surface area contributed by atoms with E-state index < -0.39 is 12.5 Å². The lowest BCUT2D eigenvalue weighted by atomic mass is 10.3. The topological polar surface area (TPSA) is 96.5 Å². The first-order valence-electron chi connectivity index (χ1n) is 6.46. The van der Waals surface area contributed by atoms with E-state index >= 15 is 0 Å². The van der Waals surface area contributed by atoms with Gasteiger partial charge in [0.15, 0.2) is 0 Å². The molecule has 0 saturated carbocycles. The molecule has 0 spiro atoms. The molecule has 0 radical (unpaired) electrons. The third kappa shape index (κ3) is 3.47. The molecular weight excluding hydrogens is 297 g/mol. The Morgan fingerprint density at radius 1 is 1.33 bits per heavy atom. The molecule has 9 heteroatoms. The van der Waals surface area contributed by atoms with Gasteiger partial charge in [-0.15, -0.1) is 0 Å². The molecule has 21 heavy (non-hydrogen) atoms. The Kier molecular flexibility index (Phi) is 4.72. The number of nitro groups is 1. The van der Waals surface area contributed by atoms with Crippen molar-refractivity contribution in [2.45, 2.75) is 20.1 Å². The summed E-state index contributed by atoms with van der Waals surface area (Å²) in [4.78, 5) is 14.3. The second kappa shape index (κ2) is 6.34. The molecule has 0 aliphatic rings. The summed E-state index contributed by atoms with van der Waals surface area (Å²) in [5.74, 6) is 0. The van der Waals surface area contributed by atoms with E-state index in [1.807, 2.05) is 0 Å². The summed E-state index contributed by atoms with van der Waals surface area (Å²) in [6.07, 6.45) is 1.49. The van der Waals surface area contributed by atoms with Crippen molar-refractivity contribution in [2.75, 3.05) is 13.2 Å². The van der Waals surface area contributed by atoms with Crippen molar-refractivity contribution in [1.82, 2.24) is 9.55 Å². The summed E-state index contributed by atoms with van der Waals surface area (Å²) < 4.78 is 24.6. The second-order valence-electron chi connectivity index (χ2n) is 4.23. The second-order valence-corrected chi connectivity index (χ2v) is 6.25. The first-order valence-corrected chi connectivity index (χ1v) is 8.19. The number of hydrogen-bond donors (Lipinski definition) is 0. The summed E-state index contributed by atoms with van der Waals surface area (Å²) in [7, 11) is -3.25. The lowest BCUT2D eigenvalue weighted by molar-refractivity contribution is -0.384. The molecule has 0 amide bonds. The van der Waals surface area contributed by atoms with Crippen LogP contribution in [0.5, 0.6) is 0 Å².